The van der Waals surface area contributed by atoms with E-state index in [0.29, 0.717) is 15.6 Å². The highest BCUT2D eigenvalue weighted by Crippen LogP contribution is 2.36. The fourth-order valence-corrected chi connectivity index (χ4v) is 4.21. The molecule has 0 aliphatic carbocycles. The topological polar surface area (TPSA) is 50.5 Å². The van der Waals surface area contributed by atoms with E-state index in [1.54, 1.807) is 18.2 Å². The molecular weight excluding hydrogens is 455 g/mol. The number of thioether (sulfide) groups is 1. The van der Waals surface area contributed by atoms with E-state index in [1.807, 2.05) is 0 Å². The number of amides is 2. The van der Waals surface area contributed by atoms with Gasteiger partial charge in [0.25, 0.3) is 11.1 Å². The summed E-state index contributed by atoms with van der Waals surface area (Å²) in [6.45, 7) is -0.0648. The Morgan fingerprint density at radius 2 is 1.77 bits per heavy atom. The normalized spacial score (nSPS) is 15.5. The number of carbonyl (C=O) groups is 2. The molecule has 2 heterocycles. The summed E-state index contributed by atoms with van der Waals surface area (Å²) in [7, 11) is 0. The van der Waals surface area contributed by atoms with Crippen LogP contribution in [0.25, 0.3) is 17.4 Å². The Bertz CT molecular complexity index is 1190. The van der Waals surface area contributed by atoms with Gasteiger partial charge in [0.1, 0.15) is 23.2 Å². The predicted molar refractivity (Wildman–Crippen MR) is 112 cm³/mol. The van der Waals surface area contributed by atoms with Crippen LogP contribution in [-0.4, -0.2) is 16.0 Å². The van der Waals surface area contributed by atoms with Crippen LogP contribution in [0.1, 0.15) is 11.3 Å². The lowest BCUT2D eigenvalue weighted by molar-refractivity contribution is -0.123. The van der Waals surface area contributed by atoms with Crippen LogP contribution in [-0.2, 0) is 11.3 Å². The quantitative estimate of drug-likeness (QED) is 0.399. The molecule has 30 heavy (non-hydrogen) atoms. The lowest BCUT2D eigenvalue weighted by Gasteiger charge is -2.14. The Balaban J connectivity index is 1.57. The first-order chi connectivity index (χ1) is 14.3. The Morgan fingerprint density at radius 3 is 2.47 bits per heavy atom. The minimum atomic E-state index is -0.771. The van der Waals surface area contributed by atoms with Crippen molar-refractivity contribution in [2.24, 2.45) is 0 Å². The second-order valence-corrected chi connectivity index (χ2v) is 8.10. The molecule has 2 aromatic carbocycles. The van der Waals surface area contributed by atoms with Gasteiger partial charge < -0.3 is 4.42 Å². The Morgan fingerprint density at radius 1 is 1.03 bits per heavy atom. The van der Waals surface area contributed by atoms with Gasteiger partial charge in [-0.2, -0.15) is 0 Å². The van der Waals surface area contributed by atoms with Crippen LogP contribution in [0.4, 0.5) is 13.6 Å². The van der Waals surface area contributed by atoms with Crippen LogP contribution >= 0.6 is 35.0 Å². The smallest absolute Gasteiger partial charge is 0.293 e. The molecule has 0 spiro atoms. The number of carbonyl (C=O) groups excluding carboxylic acids is 2. The van der Waals surface area contributed by atoms with Crippen molar-refractivity contribution < 1.29 is 22.8 Å². The van der Waals surface area contributed by atoms with Gasteiger partial charge in [0.2, 0.25) is 0 Å². The first kappa shape index (κ1) is 20.7. The molecule has 3 aromatic rings. The van der Waals surface area contributed by atoms with Gasteiger partial charge in [0.15, 0.2) is 0 Å². The molecule has 4 rings (SSSR count). The summed E-state index contributed by atoms with van der Waals surface area (Å²) < 4.78 is 32.6. The van der Waals surface area contributed by atoms with Crippen molar-refractivity contribution in [2.45, 2.75) is 6.54 Å². The minimum absolute atomic E-state index is 0.0648. The third kappa shape index (κ3) is 4.01. The van der Waals surface area contributed by atoms with E-state index in [1.165, 1.54) is 24.3 Å². The Labute approximate surface area is 184 Å². The lowest BCUT2D eigenvalue weighted by atomic mass is 10.1. The van der Waals surface area contributed by atoms with Crippen molar-refractivity contribution in [3.63, 3.8) is 0 Å². The summed E-state index contributed by atoms with van der Waals surface area (Å²) in [5.74, 6) is -1.58. The number of benzene rings is 2. The summed E-state index contributed by atoms with van der Waals surface area (Å²) in [4.78, 5) is 26.2. The molecule has 0 atom stereocenters. The molecule has 0 radical (unpaired) electrons. The van der Waals surface area contributed by atoms with Crippen molar-refractivity contribution in [3.05, 3.63) is 86.4 Å². The van der Waals surface area contributed by atoms with Crippen LogP contribution < -0.4 is 0 Å². The van der Waals surface area contributed by atoms with E-state index in [4.69, 9.17) is 27.6 Å². The van der Waals surface area contributed by atoms with Crippen molar-refractivity contribution in [2.75, 3.05) is 0 Å². The minimum Gasteiger partial charge on any atom is -0.457 e. The molecule has 0 N–H and O–H groups in total. The highest BCUT2D eigenvalue weighted by atomic mass is 35.5. The number of halogens is 4. The number of furan rings is 1. The highest BCUT2D eigenvalue weighted by Gasteiger charge is 2.36. The lowest BCUT2D eigenvalue weighted by Crippen LogP contribution is -2.27. The summed E-state index contributed by atoms with van der Waals surface area (Å²) in [6.07, 6.45) is 1.39. The second kappa shape index (κ2) is 8.26. The maximum atomic E-state index is 13.9. The fourth-order valence-electron chi connectivity index (χ4n) is 2.87. The molecule has 9 heteroatoms. The molecule has 0 bridgehead atoms. The van der Waals surface area contributed by atoms with Gasteiger partial charge in [-0.25, -0.2) is 8.78 Å². The van der Waals surface area contributed by atoms with Crippen LogP contribution in [0.2, 0.25) is 10.0 Å². The van der Waals surface area contributed by atoms with E-state index in [0.717, 1.165) is 28.8 Å². The second-order valence-electron chi connectivity index (χ2n) is 6.29. The average molecular weight is 466 g/mol. The zero-order valence-corrected chi connectivity index (χ0v) is 17.3. The molecule has 152 valence electrons. The Hall–Kier alpha value is -2.61. The molecule has 1 aliphatic heterocycles. The third-order valence-electron chi connectivity index (χ3n) is 4.35. The maximum absolute atomic E-state index is 13.9. The maximum Gasteiger partial charge on any atom is 0.293 e. The molecule has 1 fully saturated rings. The van der Waals surface area contributed by atoms with Crippen LogP contribution in [0, 0.1) is 11.6 Å². The fraction of sp³-hybridized carbons (Fsp3) is 0.0476. The summed E-state index contributed by atoms with van der Waals surface area (Å²) in [6, 6.07) is 11.1. The van der Waals surface area contributed by atoms with E-state index in [-0.39, 0.29) is 28.5 Å². The molecule has 1 aliphatic rings. The zero-order chi connectivity index (χ0) is 21.4. The van der Waals surface area contributed by atoms with Gasteiger partial charge in [-0.05, 0) is 48.2 Å². The molecular formula is C21H11Cl2F2NO3S. The predicted octanol–water partition coefficient (Wildman–Crippen LogP) is 6.77. The molecule has 1 saturated heterocycles. The van der Waals surface area contributed by atoms with Crippen LogP contribution in [0.5, 0.6) is 0 Å². The third-order valence-corrected chi connectivity index (χ3v) is 5.96. The standard InChI is InChI=1S/C21H11Cl2F2NO3S/c22-15-2-1-3-16(23)14(15)10-26-20(27)19(30-21(26)28)9-12-5-7-18(29-12)13-6-4-11(24)8-17(13)25/h1-9H,10H2/b19-9+. The molecule has 2 amide bonds. The first-order valence-electron chi connectivity index (χ1n) is 8.57. The van der Waals surface area contributed by atoms with Crippen molar-refractivity contribution in [1.82, 2.24) is 4.90 Å². The van der Waals surface area contributed by atoms with Gasteiger partial charge in [-0.1, -0.05) is 29.3 Å². The monoisotopic (exact) mass is 465 g/mol. The van der Waals surface area contributed by atoms with Gasteiger partial charge in [-0.15, -0.1) is 0 Å². The zero-order valence-electron chi connectivity index (χ0n) is 15.0. The molecule has 0 unspecified atom stereocenters. The van der Waals surface area contributed by atoms with Crippen molar-refractivity contribution in [1.29, 1.82) is 0 Å². The van der Waals surface area contributed by atoms with E-state index < -0.39 is 22.8 Å². The van der Waals surface area contributed by atoms with Gasteiger partial charge >= 0.3 is 0 Å². The van der Waals surface area contributed by atoms with Crippen molar-refractivity contribution >= 4 is 52.2 Å². The van der Waals surface area contributed by atoms with Crippen LogP contribution in [0.15, 0.2) is 57.9 Å². The number of hydrogen-bond donors (Lipinski definition) is 0. The number of imide groups is 1. The summed E-state index contributed by atoms with van der Waals surface area (Å²) >= 11 is 13.0. The molecule has 1 aromatic heterocycles. The number of nitrogens with zero attached hydrogens (tertiary/aromatic N) is 1. The summed E-state index contributed by atoms with van der Waals surface area (Å²) in [5.41, 5.74) is 0.550. The van der Waals surface area contributed by atoms with Crippen molar-refractivity contribution in [3.8, 4) is 11.3 Å². The number of rotatable bonds is 4. The largest absolute Gasteiger partial charge is 0.457 e. The van der Waals surface area contributed by atoms with E-state index >= 15 is 0 Å². The Kier molecular flexibility index (Phi) is 5.69. The van der Waals surface area contributed by atoms with Gasteiger partial charge in [-0.3, -0.25) is 14.5 Å². The first-order valence-corrected chi connectivity index (χ1v) is 10.1. The highest BCUT2D eigenvalue weighted by molar-refractivity contribution is 8.18. The van der Waals surface area contributed by atoms with Gasteiger partial charge in [0.05, 0.1) is 17.0 Å². The molecule has 0 saturated carbocycles. The summed E-state index contributed by atoms with van der Waals surface area (Å²) in [5, 5.41) is 0.226. The van der Waals surface area contributed by atoms with E-state index in [2.05, 4.69) is 0 Å². The van der Waals surface area contributed by atoms with Gasteiger partial charge in [0, 0.05) is 27.8 Å². The molecule has 4 nitrogen and oxygen atoms in total. The van der Waals surface area contributed by atoms with E-state index in [9.17, 15) is 18.4 Å². The van der Waals surface area contributed by atoms with Crippen LogP contribution in [0.3, 0.4) is 0 Å². The SMILES string of the molecule is O=C1S/C(=C/c2ccc(-c3ccc(F)cc3F)o2)C(=O)N1Cc1c(Cl)cccc1Cl. The average Bonchev–Trinajstić information content (AvgIpc) is 3.24. The number of hydrogen-bond acceptors (Lipinski definition) is 4.